The molecule has 90 valence electrons. The average molecular weight is 268 g/mol. The number of aliphatic hydroxyl groups excluding tert-OH is 1. The first-order chi connectivity index (χ1) is 8.20. The minimum absolute atomic E-state index is 0.587. The van der Waals surface area contributed by atoms with Crippen LogP contribution in [0.1, 0.15) is 22.1 Å². The van der Waals surface area contributed by atoms with Crippen LogP contribution in [0.15, 0.2) is 36.4 Å². The molecule has 0 aliphatic rings. The zero-order valence-corrected chi connectivity index (χ0v) is 11.1. The van der Waals surface area contributed by atoms with E-state index in [2.05, 4.69) is 5.32 Å². The second-order valence-electron chi connectivity index (χ2n) is 3.82. The molecule has 0 aliphatic heterocycles. The van der Waals surface area contributed by atoms with Crippen molar-refractivity contribution in [3.05, 3.63) is 56.7 Å². The summed E-state index contributed by atoms with van der Waals surface area (Å²) in [5, 5.41) is 13.3. The maximum absolute atomic E-state index is 10.2. The number of hydrogen-bond acceptors (Lipinski definition) is 3. The maximum Gasteiger partial charge on any atom is 0.113 e. The van der Waals surface area contributed by atoms with Crippen LogP contribution in [-0.4, -0.2) is 12.2 Å². The Bertz CT molecular complexity index is 480. The van der Waals surface area contributed by atoms with Crippen LogP contribution >= 0.6 is 22.9 Å². The van der Waals surface area contributed by atoms with Crippen molar-refractivity contribution in [2.45, 2.75) is 12.6 Å². The Morgan fingerprint density at radius 1 is 1.24 bits per heavy atom. The van der Waals surface area contributed by atoms with Crippen molar-refractivity contribution in [2.75, 3.05) is 7.05 Å². The average Bonchev–Trinajstić information content (AvgIpc) is 2.76. The van der Waals surface area contributed by atoms with E-state index in [1.165, 1.54) is 16.9 Å². The van der Waals surface area contributed by atoms with E-state index < -0.39 is 6.10 Å². The monoisotopic (exact) mass is 267 g/mol. The standard InChI is InChI=1S/C13H14ClNOS/c1-15-8-9-2-4-10(5-3-9)13(16)11-6-7-12(14)17-11/h2-7,13,15-16H,8H2,1H3. The van der Waals surface area contributed by atoms with E-state index in [0.717, 1.165) is 17.0 Å². The van der Waals surface area contributed by atoms with Gasteiger partial charge < -0.3 is 10.4 Å². The highest BCUT2D eigenvalue weighted by atomic mass is 35.5. The molecule has 2 aromatic rings. The fraction of sp³-hybridized carbons (Fsp3) is 0.231. The molecule has 0 radical (unpaired) electrons. The number of benzene rings is 1. The SMILES string of the molecule is CNCc1ccc(C(O)c2ccc(Cl)s2)cc1. The molecule has 1 unspecified atom stereocenters. The molecule has 1 heterocycles. The highest BCUT2D eigenvalue weighted by Gasteiger charge is 2.12. The summed E-state index contributed by atoms with van der Waals surface area (Å²) in [6, 6.07) is 11.6. The van der Waals surface area contributed by atoms with Crippen LogP contribution in [0.3, 0.4) is 0 Å². The van der Waals surface area contributed by atoms with Gasteiger partial charge >= 0.3 is 0 Å². The first-order valence-corrected chi connectivity index (χ1v) is 6.57. The summed E-state index contributed by atoms with van der Waals surface area (Å²) in [7, 11) is 1.91. The largest absolute Gasteiger partial charge is 0.383 e. The molecule has 0 bridgehead atoms. The van der Waals surface area contributed by atoms with Gasteiger partial charge in [0.05, 0.1) is 4.34 Å². The van der Waals surface area contributed by atoms with Gasteiger partial charge in [0.1, 0.15) is 6.10 Å². The molecule has 0 aliphatic carbocycles. The van der Waals surface area contributed by atoms with E-state index in [9.17, 15) is 5.11 Å². The van der Waals surface area contributed by atoms with Gasteiger partial charge in [-0.25, -0.2) is 0 Å². The summed E-state index contributed by atoms with van der Waals surface area (Å²) >= 11 is 7.27. The minimum atomic E-state index is -0.587. The van der Waals surface area contributed by atoms with Gasteiger partial charge in [0.15, 0.2) is 0 Å². The van der Waals surface area contributed by atoms with Crippen LogP contribution in [0, 0.1) is 0 Å². The summed E-state index contributed by atoms with van der Waals surface area (Å²) in [6.45, 7) is 0.835. The zero-order chi connectivity index (χ0) is 12.3. The van der Waals surface area contributed by atoms with E-state index in [-0.39, 0.29) is 0 Å². The fourth-order valence-corrected chi connectivity index (χ4v) is 2.74. The van der Waals surface area contributed by atoms with Gasteiger partial charge in [-0.2, -0.15) is 0 Å². The zero-order valence-electron chi connectivity index (χ0n) is 9.48. The highest BCUT2D eigenvalue weighted by Crippen LogP contribution is 2.30. The summed E-state index contributed by atoms with van der Waals surface area (Å²) in [5.41, 5.74) is 2.09. The smallest absolute Gasteiger partial charge is 0.113 e. The number of rotatable bonds is 4. The van der Waals surface area contributed by atoms with Gasteiger partial charge in [-0.1, -0.05) is 35.9 Å². The predicted octanol–water partition coefficient (Wildman–Crippen LogP) is 3.20. The fourth-order valence-electron chi connectivity index (χ4n) is 1.66. The third kappa shape index (κ3) is 3.07. The Labute approximate surface area is 110 Å². The molecular weight excluding hydrogens is 254 g/mol. The van der Waals surface area contributed by atoms with Crippen LogP contribution in [0.5, 0.6) is 0 Å². The molecule has 1 atom stereocenters. The minimum Gasteiger partial charge on any atom is -0.383 e. The van der Waals surface area contributed by atoms with Gasteiger partial charge in [0.2, 0.25) is 0 Å². The van der Waals surface area contributed by atoms with Gasteiger partial charge in [-0.3, -0.25) is 0 Å². The molecule has 2 N–H and O–H groups in total. The number of aliphatic hydroxyl groups is 1. The number of thiophene rings is 1. The first kappa shape index (κ1) is 12.6. The molecule has 0 saturated heterocycles. The lowest BCUT2D eigenvalue weighted by molar-refractivity contribution is 0.224. The number of halogens is 1. The molecule has 2 nitrogen and oxygen atoms in total. The normalized spacial score (nSPS) is 12.6. The Kier molecular flexibility index (Phi) is 4.18. The topological polar surface area (TPSA) is 32.3 Å². The third-order valence-corrected chi connectivity index (χ3v) is 3.82. The van der Waals surface area contributed by atoms with Crippen molar-refractivity contribution in [1.82, 2.24) is 5.32 Å². The first-order valence-electron chi connectivity index (χ1n) is 5.37. The molecule has 1 aromatic heterocycles. The van der Waals surface area contributed by atoms with Gasteiger partial charge in [-0.15, -0.1) is 11.3 Å². The molecule has 4 heteroatoms. The Morgan fingerprint density at radius 3 is 2.47 bits per heavy atom. The lowest BCUT2D eigenvalue weighted by atomic mass is 10.1. The summed E-state index contributed by atoms with van der Waals surface area (Å²) < 4.78 is 0.700. The van der Waals surface area contributed by atoms with Crippen LogP contribution < -0.4 is 5.32 Å². The van der Waals surface area contributed by atoms with Crippen molar-refractivity contribution >= 4 is 22.9 Å². The van der Waals surface area contributed by atoms with Crippen molar-refractivity contribution in [1.29, 1.82) is 0 Å². The molecule has 0 spiro atoms. The third-order valence-electron chi connectivity index (χ3n) is 2.54. The van der Waals surface area contributed by atoms with E-state index in [1.54, 1.807) is 6.07 Å². The van der Waals surface area contributed by atoms with Crippen LogP contribution in [0.25, 0.3) is 0 Å². The van der Waals surface area contributed by atoms with Gasteiger partial charge in [0, 0.05) is 11.4 Å². The molecule has 0 fully saturated rings. The predicted molar refractivity (Wildman–Crippen MR) is 72.6 cm³/mol. The Hall–Kier alpha value is -0.870. The van der Waals surface area contributed by atoms with Crippen LogP contribution in [0.2, 0.25) is 4.34 Å². The highest BCUT2D eigenvalue weighted by molar-refractivity contribution is 7.16. The molecule has 0 amide bonds. The van der Waals surface area contributed by atoms with Gasteiger partial charge in [0.25, 0.3) is 0 Å². The van der Waals surface area contributed by atoms with E-state index in [1.807, 2.05) is 37.4 Å². The summed E-state index contributed by atoms with van der Waals surface area (Å²) in [4.78, 5) is 0.872. The molecule has 2 rings (SSSR count). The lowest BCUT2D eigenvalue weighted by Gasteiger charge is -2.09. The number of hydrogen-bond donors (Lipinski definition) is 2. The second kappa shape index (κ2) is 5.65. The van der Waals surface area contributed by atoms with Crippen molar-refractivity contribution in [3.63, 3.8) is 0 Å². The number of nitrogens with one attached hydrogen (secondary N) is 1. The summed E-state index contributed by atoms with van der Waals surface area (Å²) in [6.07, 6.45) is -0.587. The molecule has 1 aromatic carbocycles. The molecule has 0 saturated carbocycles. The molecule has 17 heavy (non-hydrogen) atoms. The quantitative estimate of drug-likeness (QED) is 0.892. The Balaban J connectivity index is 2.16. The van der Waals surface area contributed by atoms with E-state index in [0.29, 0.717) is 4.34 Å². The maximum atomic E-state index is 10.2. The van der Waals surface area contributed by atoms with Crippen LogP contribution in [-0.2, 0) is 6.54 Å². The van der Waals surface area contributed by atoms with Crippen molar-refractivity contribution < 1.29 is 5.11 Å². The van der Waals surface area contributed by atoms with Crippen molar-refractivity contribution in [3.8, 4) is 0 Å². The molecular formula is C13H14ClNOS. The van der Waals surface area contributed by atoms with E-state index >= 15 is 0 Å². The second-order valence-corrected chi connectivity index (χ2v) is 5.56. The van der Waals surface area contributed by atoms with Crippen molar-refractivity contribution in [2.24, 2.45) is 0 Å². The van der Waals surface area contributed by atoms with Crippen LogP contribution in [0.4, 0.5) is 0 Å². The summed E-state index contributed by atoms with van der Waals surface area (Å²) in [5.74, 6) is 0. The Morgan fingerprint density at radius 2 is 1.94 bits per heavy atom. The van der Waals surface area contributed by atoms with Gasteiger partial charge in [-0.05, 0) is 30.3 Å². The van der Waals surface area contributed by atoms with E-state index in [4.69, 9.17) is 11.6 Å². The lowest BCUT2D eigenvalue weighted by Crippen LogP contribution is -2.05.